The van der Waals surface area contributed by atoms with Crippen LogP contribution >= 0.6 is 0 Å². The zero-order chi connectivity index (χ0) is 15.6. The lowest BCUT2D eigenvalue weighted by atomic mass is 9.80. The molecule has 0 amide bonds. The van der Waals surface area contributed by atoms with Gasteiger partial charge >= 0.3 is 0 Å². The Hall–Kier alpha value is -1.26. The molecule has 0 saturated carbocycles. The first-order valence-corrected chi connectivity index (χ1v) is 7.27. The largest absolute Gasteiger partial charge is 0.387 e. The fraction of sp³-hybridized carbons (Fsp3) is 0.529. The molecule has 0 fully saturated rings. The lowest BCUT2D eigenvalue weighted by molar-refractivity contribution is -0.109. The summed E-state index contributed by atoms with van der Waals surface area (Å²) in [5.41, 5.74) is 0.106. The van der Waals surface area contributed by atoms with E-state index in [1.165, 1.54) is 23.8 Å². The molecule has 0 bridgehead atoms. The van der Waals surface area contributed by atoms with Gasteiger partial charge in [-0.05, 0) is 37.8 Å². The van der Waals surface area contributed by atoms with Crippen molar-refractivity contribution in [2.75, 3.05) is 0 Å². The van der Waals surface area contributed by atoms with Crippen LogP contribution in [0.25, 0.3) is 0 Å². The second-order valence-electron chi connectivity index (χ2n) is 6.20. The van der Waals surface area contributed by atoms with Crippen molar-refractivity contribution in [2.45, 2.75) is 51.9 Å². The molecule has 1 aliphatic carbocycles. The number of benzene rings is 1. The molecular weight excluding hydrogens is 274 g/mol. The van der Waals surface area contributed by atoms with E-state index in [9.17, 15) is 13.9 Å². The number of aliphatic hydroxyl groups is 1. The Morgan fingerprint density at radius 3 is 2.52 bits per heavy atom. The van der Waals surface area contributed by atoms with E-state index >= 15 is 0 Å². The number of ether oxygens (including phenoxy) is 1. The first-order valence-electron chi connectivity index (χ1n) is 7.27. The van der Waals surface area contributed by atoms with Crippen LogP contribution in [0.1, 0.15) is 39.2 Å². The lowest BCUT2D eigenvalue weighted by Crippen LogP contribution is -2.43. The topological polar surface area (TPSA) is 29.5 Å². The van der Waals surface area contributed by atoms with Gasteiger partial charge in [-0.1, -0.05) is 31.6 Å². The van der Waals surface area contributed by atoms with Crippen molar-refractivity contribution in [3.8, 4) is 0 Å². The molecule has 116 valence electrons. The van der Waals surface area contributed by atoms with E-state index in [-0.39, 0.29) is 12.2 Å². The van der Waals surface area contributed by atoms with Crippen molar-refractivity contribution >= 4 is 0 Å². The van der Waals surface area contributed by atoms with E-state index in [2.05, 4.69) is 13.8 Å². The molecule has 0 unspecified atom stereocenters. The van der Waals surface area contributed by atoms with Crippen molar-refractivity contribution in [3.05, 3.63) is 47.0 Å². The van der Waals surface area contributed by atoms with Gasteiger partial charge in [-0.2, -0.15) is 0 Å². The predicted octanol–water partition coefficient (Wildman–Crippen LogP) is 3.98. The van der Waals surface area contributed by atoms with Gasteiger partial charge in [0.25, 0.3) is 0 Å². The Balaban J connectivity index is 2.10. The van der Waals surface area contributed by atoms with E-state index in [0.29, 0.717) is 18.8 Å². The number of halogens is 2. The smallest absolute Gasteiger partial charge is 0.131 e. The third kappa shape index (κ3) is 3.69. The molecule has 1 N–H and O–H groups in total. The van der Waals surface area contributed by atoms with E-state index in [1.54, 1.807) is 6.92 Å². The quantitative estimate of drug-likeness (QED) is 0.852. The second kappa shape index (κ2) is 6.24. The molecule has 1 aliphatic rings. The van der Waals surface area contributed by atoms with Crippen LogP contribution in [0, 0.1) is 17.6 Å². The molecule has 0 heterocycles. The number of hydrogen-bond acceptors (Lipinski definition) is 2. The minimum absolute atomic E-state index is 0.0889. The van der Waals surface area contributed by atoms with E-state index in [4.69, 9.17) is 4.74 Å². The standard InChI is InChI=1S/C17H22F2O2/c1-11(2)12-7-8-17(3,20)16(9-12)21-10-13-14(18)5-4-6-15(13)19/h4-7,11,16,20H,8-10H2,1-3H3/t16-,17+/m0/s1. The summed E-state index contributed by atoms with van der Waals surface area (Å²) < 4.78 is 32.9. The van der Waals surface area contributed by atoms with Gasteiger partial charge in [0, 0.05) is 5.56 Å². The normalized spacial score (nSPS) is 26.0. The Morgan fingerprint density at radius 2 is 1.95 bits per heavy atom. The van der Waals surface area contributed by atoms with Gasteiger partial charge in [-0.25, -0.2) is 8.78 Å². The van der Waals surface area contributed by atoms with Crippen molar-refractivity contribution in [1.29, 1.82) is 0 Å². The van der Waals surface area contributed by atoms with Crippen LogP contribution in [0.5, 0.6) is 0 Å². The maximum Gasteiger partial charge on any atom is 0.131 e. The van der Waals surface area contributed by atoms with E-state index < -0.39 is 23.3 Å². The third-order valence-corrected chi connectivity index (χ3v) is 4.12. The minimum Gasteiger partial charge on any atom is -0.387 e. The Kier molecular flexibility index (Phi) is 4.79. The van der Waals surface area contributed by atoms with Crippen LogP contribution in [0.4, 0.5) is 8.78 Å². The molecular formula is C17H22F2O2. The zero-order valence-electron chi connectivity index (χ0n) is 12.7. The molecule has 1 aromatic carbocycles. The van der Waals surface area contributed by atoms with Crippen LogP contribution in [0.15, 0.2) is 29.8 Å². The third-order valence-electron chi connectivity index (χ3n) is 4.12. The van der Waals surface area contributed by atoms with Crippen LogP contribution in [-0.4, -0.2) is 16.8 Å². The lowest BCUT2D eigenvalue weighted by Gasteiger charge is -2.37. The Labute approximate surface area is 124 Å². The average Bonchev–Trinajstić information content (AvgIpc) is 2.39. The molecule has 0 radical (unpaired) electrons. The van der Waals surface area contributed by atoms with Crippen molar-refractivity contribution in [2.24, 2.45) is 5.92 Å². The van der Waals surface area contributed by atoms with Crippen molar-refractivity contribution < 1.29 is 18.6 Å². The SMILES string of the molecule is CC(C)C1=CC[C@@](C)(O)[C@@H](OCc2c(F)cccc2F)C1. The first kappa shape index (κ1) is 16.1. The molecule has 0 aromatic heterocycles. The summed E-state index contributed by atoms with van der Waals surface area (Å²) in [6.07, 6.45) is 2.65. The van der Waals surface area contributed by atoms with Crippen molar-refractivity contribution in [1.82, 2.24) is 0 Å². The van der Waals surface area contributed by atoms with Gasteiger partial charge in [-0.3, -0.25) is 0 Å². The average molecular weight is 296 g/mol. The van der Waals surface area contributed by atoms with Crippen LogP contribution < -0.4 is 0 Å². The summed E-state index contributed by atoms with van der Waals surface area (Å²) in [5.74, 6) is -0.868. The Morgan fingerprint density at radius 1 is 1.33 bits per heavy atom. The van der Waals surface area contributed by atoms with Crippen molar-refractivity contribution in [3.63, 3.8) is 0 Å². The molecule has 2 atom stereocenters. The molecule has 0 aliphatic heterocycles. The van der Waals surface area contributed by atoms with Crippen LogP contribution in [0.2, 0.25) is 0 Å². The number of hydrogen-bond donors (Lipinski definition) is 1. The molecule has 0 saturated heterocycles. The molecule has 4 heteroatoms. The monoisotopic (exact) mass is 296 g/mol. The molecule has 2 rings (SSSR count). The summed E-state index contributed by atoms with van der Waals surface area (Å²) in [4.78, 5) is 0. The number of rotatable bonds is 4. The molecule has 21 heavy (non-hydrogen) atoms. The highest BCUT2D eigenvalue weighted by molar-refractivity contribution is 5.19. The van der Waals surface area contributed by atoms with Gasteiger partial charge in [0.15, 0.2) is 0 Å². The fourth-order valence-electron chi connectivity index (χ4n) is 2.55. The highest BCUT2D eigenvalue weighted by Gasteiger charge is 2.36. The second-order valence-corrected chi connectivity index (χ2v) is 6.20. The predicted molar refractivity (Wildman–Crippen MR) is 77.7 cm³/mol. The fourth-order valence-corrected chi connectivity index (χ4v) is 2.55. The van der Waals surface area contributed by atoms with Gasteiger partial charge in [0.05, 0.1) is 18.3 Å². The summed E-state index contributed by atoms with van der Waals surface area (Å²) in [7, 11) is 0. The maximum atomic E-state index is 13.6. The minimum atomic E-state index is -1.01. The first-order chi connectivity index (χ1) is 9.81. The van der Waals surface area contributed by atoms with Crippen LogP contribution in [0.3, 0.4) is 0 Å². The summed E-state index contributed by atoms with van der Waals surface area (Å²) in [5, 5.41) is 10.4. The summed E-state index contributed by atoms with van der Waals surface area (Å²) >= 11 is 0. The summed E-state index contributed by atoms with van der Waals surface area (Å²) in [6, 6.07) is 3.74. The van der Waals surface area contributed by atoms with Crippen LogP contribution in [-0.2, 0) is 11.3 Å². The highest BCUT2D eigenvalue weighted by atomic mass is 19.1. The molecule has 1 aromatic rings. The molecule has 2 nitrogen and oxygen atoms in total. The van der Waals surface area contributed by atoms with E-state index in [1.807, 2.05) is 6.08 Å². The van der Waals surface area contributed by atoms with Gasteiger partial charge < -0.3 is 9.84 Å². The highest BCUT2D eigenvalue weighted by Crippen LogP contribution is 2.33. The molecule has 0 spiro atoms. The maximum absolute atomic E-state index is 13.6. The Bertz CT molecular complexity index is 515. The van der Waals surface area contributed by atoms with Gasteiger partial charge in [0.2, 0.25) is 0 Å². The summed E-state index contributed by atoms with van der Waals surface area (Å²) in [6.45, 7) is 5.69. The van der Waals surface area contributed by atoms with E-state index in [0.717, 1.165) is 0 Å². The zero-order valence-corrected chi connectivity index (χ0v) is 12.7. The van der Waals surface area contributed by atoms with Gasteiger partial charge in [-0.15, -0.1) is 0 Å². The van der Waals surface area contributed by atoms with Gasteiger partial charge in [0.1, 0.15) is 11.6 Å².